The average molecular weight is 490 g/mol. The molecule has 1 N–H and O–H groups in total. The summed E-state index contributed by atoms with van der Waals surface area (Å²) in [6, 6.07) is 21.5. The SMILES string of the molecule is Cc1cc(=O)oc2cc(OCCCOc3ccc(/C=C/C(=O)Nc4ccccc4Cl)cc3)ccc12. The Morgan fingerprint density at radius 3 is 2.46 bits per heavy atom. The normalized spacial score (nSPS) is 11.0. The summed E-state index contributed by atoms with van der Waals surface area (Å²) in [4.78, 5) is 23.7. The average Bonchev–Trinajstić information content (AvgIpc) is 2.84. The van der Waals surface area contributed by atoms with Gasteiger partial charge in [0.05, 0.1) is 23.9 Å². The van der Waals surface area contributed by atoms with Gasteiger partial charge >= 0.3 is 5.63 Å². The van der Waals surface area contributed by atoms with Crippen molar-refractivity contribution in [2.45, 2.75) is 13.3 Å². The highest BCUT2D eigenvalue weighted by Gasteiger charge is 2.05. The molecule has 0 aliphatic heterocycles. The first kappa shape index (κ1) is 24.1. The lowest BCUT2D eigenvalue weighted by Gasteiger charge is -2.09. The number of carbonyl (C=O) groups excluding carboxylic acids is 1. The third kappa shape index (κ3) is 6.74. The third-order valence-electron chi connectivity index (χ3n) is 5.19. The first-order valence-corrected chi connectivity index (χ1v) is 11.5. The van der Waals surface area contributed by atoms with Crippen molar-refractivity contribution in [2.24, 2.45) is 0 Å². The molecule has 1 amide bonds. The molecule has 0 aliphatic carbocycles. The van der Waals surface area contributed by atoms with Crippen LogP contribution >= 0.6 is 11.6 Å². The number of benzene rings is 3. The van der Waals surface area contributed by atoms with Crippen LogP contribution in [0.25, 0.3) is 17.0 Å². The molecule has 0 bridgehead atoms. The monoisotopic (exact) mass is 489 g/mol. The topological polar surface area (TPSA) is 77.8 Å². The zero-order valence-corrected chi connectivity index (χ0v) is 19.9. The predicted molar refractivity (Wildman–Crippen MR) is 138 cm³/mol. The van der Waals surface area contributed by atoms with Crippen LogP contribution in [-0.2, 0) is 4.79 Å². The van der Waals surface area contributed by atoms with E-state index in [2.05, 4.69) is 5.32 Å². The fourth-order valence-corrected chi connectivity index (χ4v) is 3.60. The molecule has 0 saturated carbocycles. The van der Waals surface area contributed by atoms with E-state index in [9.17, 15) is 9.59 Å². The van der Waals surface area contributed by atoms with Gasteiger partial charge in [-0.2, -0.15) is 0 Å². The van der Waals surface area contributed by atoms with E-state index in [1.54, 1.807) is 36.4 Å². The number of fused-ring (bicyclic) bond motifs is 1. The molecule has 4 rings (SSSR count). The van der Waals surface area contributed by atoms with E-state index in [4.69, 9.17) is 25.5 Å². The van der Waals surface area contributed by atoms with Gasteiger partial charge in [-0.25, -0.2) is 4.79 Å². The fraction of sp³-hybridized carbons (Fsp3) is 0.143. The van der Waals surface area contributed by atoms with Gasteiger partial charge < -0.3 is 19.2 Å². The van der Waals surface area contributed by atoms with Crippen LogP contribution in [0.2, 0.25) is 5.02 Å². The minimum atomic E-state index is -0.373. The number of anilines is 1. The maximum atomic E-state index is 12.1. The summed E-state index contributed by atoms with van der Waals surface area (Å²) >= 11 is 6.05. The van der Waals surface area contributed by atoms with Gasteiger partial charge in [0.25, 0.3) is 0 Å². The summed E-state index contributed by atoms with van der Waals surface area (Å²) < 4.78 is 16.8. The Balaban J connectivity index is 1.20. The van der Waals surface area contributed by atoms with Crippen molar-refractivity contribution < 1.29 is 18.7 Å². The molecule has 0 radical (unpaired) electrons. The molecule has 0 atom stereocenters. The van der Waals surface area contributed by atoms with E-state index < -0.39 is 0 Å². The van der Waals surface area contributed by atoms with Gasteiger partial charge in [0, 0.05) is 30.0 Å². The lowest BCUT2D eigenvalue weighted by Crippen LogP contribution is -2.07. The van der Waals surface area contributed by atoms with E-state index in [1.807, 2.05) is 43.3 Å². The summed E-state index contributed by atoms with van der Waals surface area (Å²) in [6.45, 7) is 2.82. The number of carbonyl (C=O) groups is 1. The summed E-state index contributed by atoms with van der Waals surface area (Å²) in [5, 5.41) is 4.12. The molecule has 0 aliphatic rings. The molecule has 3 aromatic carbocycles. The van der Waals surface area contributed by atoms with Crippen LogP contribution in [0.5, 0.6) is 11.5 Å². The molecule has 6 nitrogen and oxygen atoms in total. The Labute approximate surface area is 207 Å². The van der Waals surface area contributed by atoms with Crippen molar-refractivity contribution in [1.82, 2.24) is 0 Å². The molecular weight excluding hydrogens is 466 g/mol. The van der Waals surface area contributed by atoms with Crippen molar-refractivity contribution in [3.8, 4) is 11.5 Å². The second kappa shape index (κ2) is 11.4. The van der Waals surface area contributed by atoms with Gasteiger partial charge in [0.15, 0.2) is 0 Å². The zero-order valence-electron chi connectivity index (χ0n) is 19.1. The number of halogens is 1. The van der Waals surface area contributed by atoms with Crippen LogP contribution in [0, 0.1) is 6.92 Å². The predicted octanol–water partition coefficient (Wildman–Crippen LogP) is 6.25. The Kier molecular flexibility index (Phi) is 7.85. The number of ether oxygens (including phenoxy) is 2. The number of aryl methyl sites for hydroxylation is 1. The molecule has 1 aromatic heterocycles. The molecule has 4 aromatic rings. The number of hydrogen-bond donors (Lipinski definition) is 1. The number of hydrogen-bond acceptors (Lipinski definition) is 5. The lowest BCUT2D eigenvalue weighted by molar-refractivity contribution is -0.111. The molecule has 178 valence electrons. The molecule has 0 saturated heterocycles. The van der Waals surface area contributed by atoms with E-state index in [-0.39, 0.29) is 11.5 Å². The smallest absolute Gasteiger partial charge is 0.336 e. The molecule has 35 heavy (non-hydrogen) atoms. The minimum Gasteiger partial charge on any atom is -0.493 e. The Bertz CT molecular complexity index is 1410. The molecule has 1 heterocycles. The standard InChI is InChI=1S/C28H24ClNO5/c1-19-17-28(32)35-26-18-22(12-13-23(19)26)34-16-4-15-33-21-10-7-20(8-11-21)9-14-27(31)30-25-6-3-2-5-24(25)29/h2-3,5-14,17-18H,4,15-16H2,1H3,(H,30,31)/b14-9+. The number of amides is 1. The molecule has 0 spiro atoms. The minimum absolute atomic E-state index is 0.262. The van der Waals surface area contributed by atoms with Crippen LogP contribution in [-0.4, -0.2) is 19.1 Å². The second-order valence-electron chi connectivity index (χ2n) is 7.83. The Morgan fingerprint density at radius 2 is 1.69 bits per heavy atom. The van der Waals surface area contributed by atoms with Gasteiger partial charge in [-0.3, -0.25) is 4.79 Å². The number of para-hydroxylation sites is 1. The summed E-state index contributed by atoms with van der Waals surface area (Å²) in [5.74, 6) is 1.11. The van der Waals surface area contributed by atoms with Crippen LogP contribution in [0.1, 0.15) is 17.5 Å². The van der Waals surface area contributed by atoms with Crippen LogP contribution < -0.4 is 20.4 Å². The molecule has 0 unspecified atom stereocenters. The largest absolute Gasteiger partial charge is 0.493 e. The zero-order chi connectivity index (χ0) is 24.6. The second-order valence-corrected chi connectivity index (χ2v) is 8.24. The van der Waals surface area contributed by atoms with Crippen molar-refractivity contribution in [3.63, 3.8) is 0 Å². The third-order valence-corrected chi connectivity index (χ3v) is 5.52. The lowest BCUT2D eigenvalue weighted by atomic mass is 10.1. The maximum Gasteiger partial charge on any atom is 0.336 e. The number of nitrogens with one attached hydrogen (secondary N) is 1. The molecule has 7 heteroatoms. The van der Waals surface area contributed by atoms with Crippen LogP contribution in [0.15, 0.2) is 88.1 Å². The van der Waals surface area contributed by atoms with Gasteiger partial charge in [0.1, 0.15) is 17.1 Å². The number of rotatable bonds is 9. The highest BCUT2D eigenvalue weighted by molar-refractivity contribution is 6.33. The van der Waals surface area contributed by atoms with Crippen molar-refractivity contribution >= 4 is 40.2 Å². The van der Waals surface area contributed by atoms with Crippen LogP contribution in [0.4, 0.5) is 5.69 Å². The summed E-state index contributed by atoms with van der Waals surface area (Å²) in [5.41, 5.74) is 2.45. The van der Waals surface area contributed by atoms with Gasteiger partial charge in [-0.05, 0) is 60.5 Å². The van der Waals surface area contributed by atoms with Gasteiger partial charge in [-0.15, -0.1) is 0 Å². The first-order valence-electron chi connectivity index (χ1n) is 11.1. The van der Waals surface area contributed by atoms with Crippen molar-refractivity contribution in [3.05, 3.63) is 105 Å². The Hall–Kier alpha value is -4.03. The Morgan fingerprint density at radius 1 is 0.971 bits per heavy atom. The first-order chi connectivity index (χ1) is 17.0. The van der Waals surface area contributed by atoms with E-state index in [0.29, 0.717) is 41.7 Å². The highest BCUT2D eigenvalue weighted by atomic mass is 35.5. The van der Waals surface area contributed by atoms with Gasteiger partial charge in [0.2, 0.25) is 5.91 Å². The highest BCUT2D eigenvalue weighted by Crippen LogP contribution is 2.23. The van der Waals surface area contributed by atoms with Gasteiger partial charge in [-0.1, -0.05) is 35.9 Å². The van der Waals surface area contributed by atoms with E-state index >= 15 is 0 Å². The van der Waals surface area contributed by atoms with Crippen molar-refractivity contribution in [1.29, 1.82) is 0 Å². The molecule has 0 fully saturated rings. The van der Waals surface area contributed by atoms with Crippen LogP contribution in [0.3, 0.4) is 0 Å². The van der Waals surface area contributed by atoms with Crippen molar-refractivity contribution in [2.75, 3.05) is 18.5 Å². The summed E-state index contributed by atoms with van der Waals surface area (Å²) in [7, 11) is 0. The molecular formula is C28H24ClNO5. The maximum absolute atomic E-state index is 12.1. The quantitative estimate of drug-likeness (QED) is 0.171. The van der Waals surface area contributed by atoms with E-state index in [1.165, 1.54) is 12.1 Å². The van der Waals surface area contributed by atoms with E-state index in [0.717, 1.165) is 22.3 Å². The fourth-order valence-electron chi connectivity index (χ4n) is 3.42. The summed E-state index contributed by atoms with van der Waals surface area (Å²) in [6.07, 6.45) is 3.85.